The van der Waals surface area contributed by atoms with Crippen LogP contribution in [-0.4, -0.2) is 26.9 Å². The molecule has 0 aliphatic rings. The third kappa shape index (κ3) is 3.86. The lowest BCUT2D eigenvalue weighted by molar-refractivity contribution is 0.298. The first-order valence-corrected chi connectivity index (χ1v) is 7.14. The average Bonchev–Trinajstić information content (AvgIpc) is 2.92. The third-order valence-corrected chi connectivity index (χ3v) is 3.61. The van der Waals surface area contributed by atoms with Crippen LogP contribution >= 0.6 is 0 Å². The summed E-state index contributed by atoms with van der Waals surface area (Å²) >= 11 is 0. The maximum atomic E-state index is 9.18. The first-order valence-electron chi connectivity index (χ1n) is 7.14. The van der Waals surface area contributed by atoms with Gasteiger partial charge >= 0.3 is 7.12 Å². The molecule has 0 saturated heterocycles. The van der Waals surface area contributed by atoms with Gasteiger partial charge in [-0.2, -0.15) is 5.10 Å². The molecule has 0 aliphatic carbocycles. The van der Waals surface area contributed by atoms with Crippen LogP contribution in [0.25, 0.3) is 0 Å². The minimum Gasteiger partial charge on any atom is -0.487 e. The largest absolute Gasteiger partial charge is 0.488 e. The maximum Gasteiger partial charge on any atom is 0.488 e. The van der Waals surface area contributed by atoms with Crippen molar-refractivity contribution in [2.24, 2.45) is 0 Å². The number of aromatic nitrogens is 2. The Hall–Kier alpha value is -1.79. The normalized spacial score (nSPS) is 12.2. The minimum absolute atomic E-state index is 0.381. The number of nitrogens with zero attached hydrogens (tertiary/aromatic N) is 2. The molecule has 0 amide bonds. The van der Waals surface area contributed by atoms with Crippen LogP contribution in [0.4, 0.5) is 0 Å². The van der Waals surface area contributed by atoms with Crippen molar-refractivity contribution in [3.05, 3.63) is 41.7 Å². The Kier molecular flexibility index (Phi) is 5.04. The van der Waals surface area contributed by atoms with Crippen molar-refractivity contribution < 1.29 is 14.8 Å². The molecular formula is C15H21BN2O3. The van der Waals surface area contributed by atoms with Gasteiger partial charge in [0.05, 0.1) is 5.69 Å². The van der Waals surface area contributed by atoms with Crippen LogP contribution in [-0.2, 0) is 6.61 Å². The molecule has 1 atom stereocenters. The Labute approximate surface area is 125 Å². The Bertz CT molecular complexity index is 598. The second-order valence-electron chi connectivity index (χ2n) is 5.23. The fraction of sp³-hybridized carbons (Fsp3) is 0.400. The van der Waals surface area contributed by atoms with Gasteiger partial charge in [-0.05, 0) is 49.5 Å². The molecule has 1 aromatic carbocycles. The number of benzene rings is 1. The van der Waals surface area contributed by atoms with Crippen molar-refractivity contribution in [3.63, 3.8) is 0 Å². The minimum atomic E-state index is -1.45. The van der Waals surface area contributed by atoms with Gasteiger partial charge in [-0.15, -0.1) is 0 Å². The molecule has 0 spiro atoms. The van der Waals surface area contributed by atoms with Crippen molar-refractivity contribution in [1.82, 2.24) is 9.78 Å². The molecule has 1 heterocycles. The molecule has 21 heavy (non-hydrogen) atoms. The number of hydrogen-bond donors (Lipinski definition) is 2. The van der Waals surface area contributed by atoms with Gasteiger partial charge in [-0.1, -0.05) is 13.0 Å². The van der Waals surface area contributed by atoms with Crippen LogP contribution in [0, 0.1) is 6.92 Å². The van der Waals surface area contributed by atoms with Gasteiger partial charge in [-0.25, -0.2) is 0 Å². The number of aryl methyl sites for hydroxylation is 1. The van der Waals surface area contributed by atoms with E-state index >= 15 is 0 Å². The monoisotopic (exact) mass is 288 g/mol. The summed E-state index contributed by atoms with van der Waals surface area (Å²) in [5.41, 5.74) is 2.15. The van der Waals surface area contributed by atoms with Crippen LogP contribution in [0.2, 0.25) is 0 Å². The summed E-state index contributed by atoms with van der Waals surface area (Å²) in [5, 5.41) is 22.8. The van der Waals surface area contributed by atoms with E-state index < -0.39 is 7.12 Å². The molecule has 0 bridgehead atoms. The van der Waals surface area contributed by atoms with Gasteiger partial charge in [0.2, 0.25) is 0 Å². The molecule has 5 nitrogen and oxygen atoms in total. The standard InChI is InChI=1S/C15H21BN2O3/c1-4-12(3)18-8-7-13(17-18)10-21-14-5-6-15(16(19)20)11(2)9-14/h5-9,12,19-20H,4,10H2,1-3H3. The smallest absolute Gasteiger partial charge is 0.487 e. The zero-order valence-corrected chi connectivity index (χ0v) is 12.7. The highest BCUT2D eigenvalue weighted by molar-refractivity contribution is 6.59. The highest BCUT2D eigenvalue weighted by Crippen LogP contribution is 2.14. The van der Waals surface area contributed by atoms with Crippen molar-refractivity contribution in [2.45, 2.75) is 39.8 Å². The van der Waals surface area contributed by atoms with Crippen molar-refractivity contribution in [3.8, 4) is 5.75 Å². The molecule has 2 aromatic rings. The molecule has 2 N–H and O–H groups in total. The predicted octanol–water partition coefficient (Wildman–Crippen LogP) is 1.42. The third-order valence-electron chi connectivity index (χ3n) is 3.61. The molecule has 1 aromatic heterocycles. The van der Waals surface area contributed by atoms with Gasteiger partial charge in [-0.3, -0.25) is 4.68 Å². The average molecular weight is 288 g/mol. The van der Waals surface area contributed by atoms with E-state index in [1.165, 1.54) is 0 Å². The highest BCUT2D eigenvalue weighted by Gasteiger charge is 2.14. The van der Waals surface area contributed by atoms with E-state index in [0.29, 0.717) is 23.9 Å². The van der Waals surface area contributed by atoms with Crippen LogP contribution in [0.1, 0.15) is 37.6 Å². The molecule has 0 fully saturated rings. The summed E-state index contributed by atoms with van der Waals surface area (Å²) in [5.74, 6) is 0.690. The number of ether oxygens (including phenoxy) is 1. The molecule has 0 radical (unpaired) electrons. The quantitative estimate of drug-likeness (QED) is 0.789. The number of hydrogen-bond acceptors (Lipinski definition) is 4. The second kappa shape index (κ2) is 6.78. The summed E-state index contributed by atoms with van der Waals surface area (Å²) in [6, 6.07) is 7.51. The SMILES string of the molecule is CCC(C)n1ccc(COc2ccc(B(O)O)c(C)c2)n1. The summed E-state index contributed by atoms with van der Waals surface area (Å²) in [6.45, 7) is 6.46. The van der Waals surface area contributed by atoms with Crippen LogP contribution < -0.4 is 10.2 Å². The summed E-state index contributed by atoms with van der Waals surface area (Å²) in [4.78, 5) is 0. The fourth-order valence-corrected chi connectivity index (χ4v) is 2.07. The van der Waals surface area contributed by atoms with Crippen molar-refractivity contribution in [1.29, 1.82) is 0 Å². The van der Waals surface area contributed by atoms with E-state index in [4.69, 9.17) is 4.74 Å². The van der Waals surface area contributed by atoms with Gasteiger partial charge in [0.25, 0.3) is 0 Å². The van der Waals surface area contributed by atoms with Crippen molar-refractivity contribution in [2.75, 3.05) is 0 Å². The molecule has 112 valence electrons. The molecule has 0 saturated carbocycles. The zero-order valence-electron chi connectivity index (χ0n) is 12.7. The van der Waals surface area contributed by atoms with Gasteiger partial charge in [0.15, 0.2) is 0 Å². The summed E-state index contributed by atoms with van der Waals surface area (Å²) < 4.78 is 7.63. The molecule has 6 heteroatoms. The highest BCUT2D eigenvalue weighted by atomic mass is 16.5. The van der Waals surface area contributed by atoms with E-state index in [9.17, 15) is 10.0 Å². The van der Waals surface area contributed by atoms with Gasteiger partial charge < -0.3 is 14.8 Å². The molecule has 2 rings (SSSR count). The van der Waals surface area contributed by atoms with E-state index in [2.05, 4.69) is 18.9 Å². The Morgan fingerprint density at radius 2 is 2.10 bits per heavy atom. The lowest BCUT2D eigenvalue weighted by atomic mass is 9.77. The molecule has 1 unspecified atom stereocenters. The van der Waals surface area contributed by atoms with Gasteiger partial charge in [0, 0.05) is 12.2 Å². The lowest BCUT2D eigenvalue weighted by Gasteiger charge is -2.10. The van der Waals surface area contributed by atoms with E-state index in [-0.39, 0.29) is 0 Å². The van der Waals surface area contributed by atoms with Crippen LogP contribution in [0.3, 0.4) is 0 Å². The molecular weight excluding hydrogens is 267 g/mol. The van der Waals surface area contributed by atoms with E-state index in [1.54, 1.807) is 18.2 Å². The fourth-order valence-electron chi connectivity index (χ4n) is 2.07. The van der Waals surface area contributed by atoms with E-state index in [0.717, 1.165) is 17.7 Å². The Balaban J connectivity index is 2.00. The van der Waals surface area contributed by atoms with Crippen LogP contribution in [0.5, 0.6) is 5.75 Å². The summed E-state index contributed by atoms with van der Waals surface area (Å²) in [6.07, 6.45) is 3.00. The summed E-state index contributed by atoms with van der Waals surface area (Å²) in [7, 11) is -1.45. The zero-order chi connectivity index (χ0) is 15.4. The van der Waals surface area contributed by atoms with Crippen molar-refractivity contribution >= 4 is 12.6 Å². The topological polar surface area (TPSA) is 67.5 Å². The first kappa shape index (κ1) is 15.6. The van der Waals surface area contributed by atoms with Crippen LogP contribution in [0.15, 0.2) is 30.5 Å². The molecule has 0 aliphatic heterocycles. The lowest BCUT2D eigenvalue weighted by Crippen LogP contribution is -2.31. The Morgan fingerprint density at radius 1 is 1.33 bits per heavy atom. The second-order valence-corrected chi connectivity index (χ2v) is 5.23. The first-order chi connectivity index (χ1) is 10.0. The Morgan fingerprint density at radius 3 is 2.71 bits per heavy atom. The maximum absolute atomic E-state index is 9.18. The van der Waals surface area contributed by atoms with Gasteiger partial charge in [0.1, 0.15) is 12.4 Å². The number of rotatable bonds is 6. The van der Waals surface area contributed by atoms with E-state index in [1.807, 2.05) is 23.9 Å². The predicted molar refractivity (Wildman–Crippen MR) is 82.6 cm³/mol.